The summed E-state index contributed by atoms with van der Waals surface area (Å²) < 4.78 is 7.00. The van der Waals surface area contributed by atoms with Gasteiger partial charge < -0.3 is 9.30 Å². The van der Waals surface area contributed by atoms with E-state index in [-0.39, 0.29) is 11.3 Å². The molecule has 0 N–H and O–H groups in total. The number of para-hydroxylation sites is 1. The molecule has 2 heterocycles. The van der Waals surface area contributed by atoms with Crippen molar-refractivity contribution in [3.63, 3.8) is 0 Å². The summed E-state index contributed by atoms with van der Waals surface area (Å²) in [6.07, 6.45) is 0. The van der Waals surface area contributed by atoms with Gasteiger partial charge in [-0.1, -0.05) is 45.9 Å². The molecule has 3 aromatic rings. The number of aryl methyl sites for hydroxylation is 2. The molecule has 0 spiro atoms. The Labute approximate surface area is 190 Å². The summed E-state index contributed by atoms with van der Waals surface area (Å²) in [5, 5.41) is 2.35. The lowest BCUT2D eigenvalue weighted by atomic mass is 10.1. The van der Waals surface area contributed by atoms with E-state index in [1.165, 1.54) is 15.9 Å². The lowest BCUT2D eigenvalue weighted by molar-refractivity contribution is -0.137. The highest BCUT2D eigenvalue weighted by Gasteiger charge is 2.34. The van der Waals surface area contributed by atoms with E-state index in [2.05, 4.69) is 0 Å². The van der Waals surface area contributed by atoms with Crippen LogP contribution in [0.2, 0.25) is 0 Å². The van der Waals surface area contributed by atoms with Crippen LogP contribution in [0.4, 0.5) is 5.69 Å². The number of anilines is 1. The molecule has 0 aliphatic rings. The number of amides is 2. The van der Waals surface area contributed by atoms with Crippen LogP contribution in [0.3, 0.4) is 0 Å². The quantitative estimate of drug-likeness (QED) is 0.537. The van der Waals surface area contributed by atoms with Crippen LogP contribution in [0.1, 0.15) is 43.6 Å². The summed E-state index contributed by atoms with van der Waals surface area (Å²) in [5.74, 6) is -2.93. The van der Waals surface area contributed by atoms with E-state index < -0.39 is 35.2 Å². The summed E-state index contributed by atoms with van der Waals surface area (Å²) in [4.78, 5) is 54.3. The van der Waals surface area contributed by atoms with Crippen LogP contribution in [0.15, 0.2) is 40.5 Å². The summed E-state index contributed by atoms with van der Waals surface area (Å²) in [6.45, 7) is 8.51. The van der Waals surface area contributed by atoms with Gasteiger partial charge in [-0.3, -0.25) is 19.2 Å². The highest BCUT2D eigenvalue weighted by Crippen LogP contribution is 2.36. The molecule has 0 saturated carbocycles. The highest BCUT2D eigenvalue weighted by molar-refractivity contribution is 7.17. The molecule has 2 aromatic heterocycles. The van der Waals surface area contributed by atoms with Crippen LogP contribution in [-0.4, -0.2) is 22.4 Å². The number of ether oxygens (including phenoxy) is 1. The molecule has 1 aromatic carbocycles. The monoisotopic (exact) mass is 454 g/mol. The number of aromatic nitrogens is 1. The SMILES string of the molecule is Cc1csc2c1c(OC(=O)C(C)C)c(C(=O)N(C(=O)C(C)C)c1ccccc1)c(=O)n2C. The highest BCUT2D eigenvalue weighted by atomic mass is 32.1. The van der Waals surface area contributed by atoms with Crippen molar-refractivity contribution in [2.24, 2.45) is 18.9 Å². The first kappa shape index (κ1) is 23.4. The van der Waals surface area contributed by atoms with E-state index in [1.54, 1.807) is 65.1 Å². The fourth-order valence-electron chi connectivity index (χ4n) is 3.24. The molecule has 0 fully saturated rings. The van der Waals surface area contributed by atoms with Crippen LogP contribution >= 0.6 is 11.3 Å². The molecule has 32 heavy (non-hydrogen) atoms. The smallest absolute Gasteiger partial charge is 0.313 e. The molecular weight excluding hydrogens is 428 g/mol. The Morgan fingerprint density at radius 2 is 1.66 bits per heavy atom. The van der Waals surface area contributed by atoms with E-state index in [0.29, 0.717) is 15.9 Å². The number of carbonyl (C=O) groups is 3. The number of hydrogen-bond donors (Lipinski definition) is 0. The third kappa shape index (κ3) is 4.10. The molecule has 3 rings (SSSR count). The van der Waals surface area contributed by atoms with Gasteiger partial charge in [0.25, 0.3) is 11.5 Å². The Kier molecular flexibility index (Phi) is 6.64. The number of benzene rings is 1. The van der Waals surface area contributed by atoms with Gasteiger partial charge in [0.15, 0.2) is 5.75 Å². The molecule has 7 nitrogen and oxygen atoms in total. The Hall–Kier alpha value is -3.26. The third-order valence-electron chi connectivity index (χ3n) is 5.05. The summed E-state index contributed by atoms with van der Waals surface area (Å²) in [7, 11) is 1.56. The van der Waals surface area contributed by atoms with E-state index in [9.17, 15) is 19.2 Å². The molecule has 0 radical (unpaired) electrons. The number of thiophene rings is 1. The van der Waals surface area contributed by atoms with Gasteiger partial charge in [-0.25, -0.2) is 4.90 Å². The second kappa shape index (κ2) is 9.08. The molecule has 2 amide bonds. The summed E-state index contributed by atoms with van der Waals surface area (Å²) in [6, 6.07) is 8.41. The Balaban J connectivity index is 2.34. The van der Waals surface area contributed by atoms with Crippen molar-refractivity contribution in [3.8, 4) is 5.75 Å². The van der Waals surface area contributed by atoms with Crippen LogP contribution in [-0.2, 0) is 16.6 Å². The molecule has 8 heteroatoms. The van der Waals surface area contributed by atoms with Crippen molar-refractivity contribution in [1.82, 2.24) is 4.57 Å². The van der Waals surface area contributed by atoms with Gasteiger partial charge in [0, 0.05) is 13.0 Å². The second-order valence-electron chi connectivity index (χ2n) is 8.21. The molecule has 0 unspecified atom stereocenters. The second-order valence-corrected chi connectivity index (χ2v) is 9.07. The van der Waals surface area contributed by atoms with Gasteiger partial charge in [0.05, 0.1) is 17.0 Å². The minimum absolute atomic E-state index is 0.0944. The van der Waals surface area contributed by atoms with Gasteiger partial charge in [-0.05, 0) is 30.0 Å². The average Bonchev–Trinajstić information content (AvgIpc) is 3.14. The van der Waals surface area contributed by atoms with Crippen molar-refractivity contribution in [2.45, 2.75) is 34.6 Å². The third-order valence-corrected chi connectivity index (χ3v) is 6.23. The Morgan fingerprint density at radius 3 is 2.22 bits per heavy atom. The fraction of sp³-hybridized carbons (Fsp3) is 0.333. The first-order valence-electron chi connectivity index (χ1n) is 10.3. The maximum atomic E-state index is 13.8. The van der Waals surface area contributed by atoms with Gasteiger partial charge >= 0.3 is 5.97 Å². The minimum atomic E-state index is -0.824. The normalized spacial score (nSPS) is 11.2. The Bertz CT molecular complexity index is 1250. The topological polar surface area (TPSA) is 85.7 Å². The fourth-order valence-corrected chi connectivity index (χ4v) is 4.26. The van der Waals surface area contributed by atoms with Gasteiger partial charge in [0.2, 0.25) is 5.91 Å². The minimum Gasteiger partial charge on any atom is -0.424 e. The molecule has 0 atom stereocenters. The predicted octanol–water partition coefficient (Wildman–Crippen LogP) is 4.30. The molecular formula is C24H26N2O5S. The number of nitrogens with zero attached hydrogens (tertiary/aromatic N) is 2. The van der Waals surface area contributed by atoms with Crippen molar-refractivity contribution in [1.29, 1.82) is 0 Å². The van der Waals surface area contributed by atoms with Crippen LogP contribution in [0.5, 0.6) is 5.75 Å². The zero-order valence-corrected chi connectivity index (χ0v) is 19.8. The number of imide groups is 1. The lowest BCUT2D eigenvalue weighted by Gasteiger charge is -2.24. The van der Waals surface area contributed by atoms with E-state index in [0.717, 1.165) is 10.5 Å². The van der Waals surface area contributed by atoms with Crippen molar-refractivity contribution >= 4 is 45.0 Å². The molecule has 0 aliphatic heterocycles. The van der Waals surface area contributed by atoms with E-state index >= 15 is 0 Å². The van der Waals surface area contributed by atoms with E-state index in [1.807, 2.05) is 12.3 Å². The maximum absolute atomic E-state index is 13.8. The zero-order chi connectivity index (χ0) is 23.7. The molecule has 0 aliphatic carbocycles. The zero-order valence-electron chi connectivity index (χ0n) is 19.0. The predicted molar refractivity (Wildman–Crippen MR) is 125 cm³/mol. The first-order valence-corrected chi connectivity index (χ1v) is 11.2. The van der Waals surface area contributed by atoms with Crippen molar-refractivity contribution in [3.05, 3.63) is 57.2 Å². The summed E-state index contributed by atoms with van der Waals surface area (Å²) in [5.41, 5.74) is 0.130. The van der Waals surface area contributed by atoms with Gasteiger partial charge in [-0.2, -0.15) is 0 Å². The van der Waals surface area contributed by atoms with E-state index in [4.69, 9.17) is 4.74 Å². The van der Waals surface area contributed by atoms with Crippen LogP contribution in [0, 0.1) is 18.8 Å². The maximum Gasteiger partial charge on any atom is 0.313 e. The van der Waals surface area contributed by atoms with Crippen LogP contribution in [0.25, 0.3) is 10.2 Å². The molecule has 168 valence electrons. The van der Waals surface area contributed by atoms with Crippen molar-refractivity contribution < 1.29 is 19.1 Å². The number of fused-ring (bicyclic) bond motifs is 1. The van der Waals surface area contributed by atoms with Gasteiger partial charge in [-0.15, -0.1) is 11.3 Å². The largest absolute Gasteiger partial charge is 0.424 e. The van der Waals surface area contributed by atoms with Gasteiger partial charge in [0.1, 0.15) is 10.4 Å². The van der Waals surface area contributed by atoms with Crippen LogP contribution < -0.4 is 15.2 Å². The molecule has 0 bridgehead atoms. The number of pyridine rings is 1. The number of esters is 1. The number of carbonyl (C=O) groups excluding carboxylic acids is 3. The lowest BCUT2D eigenvalue weighted by Crippen LogP contribution is -2.43. The molecule has 0 saturated heterocycles. The standard InChI is InChI=1S/C24H26N2O5S/c1-13(2)20(27)26(16-10-8-7-9-11-16)22(29)18-19(31-24(30)14(3)4)17-15(5)12-32-23(17)25(6)21(18)28/h7-14H,1-6H3. The average molecular weight is 455 g/mol. The Morgan fingerprint density at radius 1 is 1.03 bits per heavy atom. The first-order chi connectivity index (χ1) is 15.1. The number of hydrogen-bond acceptors (Lipinski definition) is 6. The van der Waals surface area contributed by atoms with Crippen molar-refractivity contribution in [2.75, 3.05) is 4.90 Å². The number of rotatable bonds is 5. The summed E-state index contributed by atoms with van der Waals surface area (Å²) >= 11 is 1.32.